The maximum atomic E-state index is 14.5. The number of amides is 2. The highest BCUT2D eigenvalue weighted by atomic mass is 32.2. The number of benzene rings is 2. The zero-order valence-corrected chi connectivity index (χ0v) is 29.6. The van der Waals surface area contributed by atoms with E-state index in [-0.39, 0.29) is 30.7 Å². The Labute approximate surface area is 290 Å². The normalized spacial score (nSPS) is 20.1. The molecular weight excluding hydrogens is 644 g/mol. The third-order valence-electron chi connectivity index (χ3n) is 8.11. The smallest absolute Gasteiger partial charge is 0.420 e. The van der Waals surface area contributed by atoms with Gasteiger partial charge in [-0.25, -0.2) is 23.9 Å². The fourth-order valence-electron chi connectivity index (χ4n) is 5.82. The molecule has 0 spiro atoms. The van der Waals surface area contributed by atoms with Gasteiger partial charge in [-0.15, -0.1) is 0 Å². The van der Waals surface area contributed by atoms with E-state index in [9.17, 15) is 14.0 Å². The van der Waals surface area contributed by atoms with Gasteiger partial charge in [-0.1, -0.05) is 24.0 Å². The van der Waals surface area contributed by atoms with Gasteiger partial charge < -0.3 is 19.4 Å². The average molecular weight is 687 g/mol. The Bertz CT molecular complexity index is 1880. The summed E-state index contributed by atoms with van der Waals surface area (Å²) in [6.07, 6.45) is 2.25. The van der Waals surface area contributed by atoms with Crippen LogP contribution in [0.3, 0.4) is 0 Å². The first-order valence-corrected chi connectivity index (χ1v) is 17.5. The lowest BCUT2D eigenvalue weighted by Gasteiger charge is -2.36. The first-order chi connectivity index (χ1) is 23.2. The second-order valence-corrected chi connectivity index (χ2v) is 15.7. The van der Waals surface area contributed by atoms with Crippen molar-refractivity contribution < 1.29 is 23.5 Å². The minimum absolute atomic E-state index is 0.0376. The Balaban J connectivity index is 1.12. The lowest BCUT2D eigenvalue weighted by molar-refractivity contribution is 0.000439. The van der Waals surface area contributed by atoms with Gasteiger partial charge in [-0.2, -0.15) is 0 Å². The molecule has 2 fully saturated rings. The predicted molar refractivity (Wildman–Crippen MR) is 188 cm³/mol. The van der Waals surface area contributed by atoms with Gasteiger partial charge in [0, 0.05) is 30.6 Å². The van der Waals surface area contributed by atoms with E-state index in [1.807, 2.05) is 90.2 Å². The first-order valence-electron chi connectivity index (χ1n) is 16.7. The molecule has 2 aromatic carbocycles. The number of aromatic amines is 2. The van der Waals surface area contributed by atoms with Crippen molar-refractivity contribution in [3.8, 4) is 23.1 Å². The third kappa shape index (κ3) is 8.57. The van der Waals surface area contributed by atoms with Crippen LogP contribution < -0.4 is 0 Å². The molecule has 3 atom stereocenters. The Morgan fingerprint density at radius 1 is 0.898 bits per heavy atom. The molecule has 0 radical (unpaired) electrons. The van der Waals surface area contributed by atoms with E-state index in [1.165, 1.54) is 11.9 Å². The number of rotatable bonds is 3. The number of alkyl halides is 1. The van der Waals surface area contributed by atoms with Gasteiger partial charge in [0.25, 0.3) is 0 Å². The molecule has 4 aromatic rings. The molecular formula is C37H43FN6O4S. The van der Waals surface area contributed by atoms with Crippen LogP contribution in [0.2, 0.25) is 0 Å². The number of halogens is 1. The molecule has 0 aliphatic carbocycles. The van der Waals surface area contributed by atoms with Crippen LogP contribution in [-0.2, 0) is 9.47 Å². The number of nitrogens with zero attached hydrogens (tertiary/aromatic N) is 4. The Morgan fingerprint density at radius 3 is 2.33 bits per heavy atom. The maximum Gasteiger partial charge on any atom is 0.420 e. The SMILES string of the molecule is CC(C)(C)OC(=O)N1CCC[C@@H](c2ncc(-c3ccc(C#Cc4ccc5nc([C@@H]6C[C@@H](F)CCN6C(=O)OC(C)(C)C)[nH]c5c4)cc3)[nH]2)S1. The molecule has 2 amide bonds. The first kappa shape index (κ1) is 34.4. The van der Waals surface area contributed by atoms with Gasteiger partial charge in [-0.05, 0) is 109 Å². The molecule has 6 rings (SSSR count). The molecule has 0 saturated carbocycles. The topological polar surface area (TPSA) is 116 Å². The second-order valence-electron chi connectivity index (χ2n) is 14.5. The van der Waals surface area contributed by atoms with Crippen molar-refractivity contribution in [2.45, 2.75) is 95.9 Å². The fraction of sp³-hybridized carbons (Fsp3) is 0.459. The summed E-state index contributed by atoms with van der Waals surface area (Å²) >= 11 is 1.47. The molecule has 4 heterocycles. The molecule has 49 heavy (non-hydrogen) atoms. The lowest BCUT2D eigenvalue weighted by atomic mass is 10.0. The van der Waals surface area contributed by atoms with E-state index in [0.29, 0.717) is 12.4 Å². The van der Waals surface area contributed by atoms with Crippen LogP contribution in [0.5, 0.6) is 0 Å². The van der Waals surface area contributed by atoms with Crippen molar-refractivity contribution >= 4 is 35.2 Å². The van der Waals surface area contributed by atoms with Crippen LogP contribution in [-0.4, -0.2) is 71.8 Å². The molecule has 2 aliphatic rings. The number of hydrogen-bond donors (Lipinski definition) is 2. The quantitative estimate of drug-likeness (QED) is 0.164. The number of fused-ring (bicyclic) bond motifs is 1. The molecule has 2 N–H and O–H groups in total. The molecule has 0 unspecified atom stereocenters. The number of aromatic nitrogens is 4. The van der Waals surface area contributed by atoms with Crippen LogP contribution in [0, 0.1) is 11.8 Å². The summed E-state index contributed by atoms with van der Waals surface area (Å²) in [6.45, 7) is 12.0. The van der Waals surface area contributed by atoms with Crippen molar-refractivity contribution in [2.24, 2.45) is 0 Å². The van der Waals surface area contributed by atoms with Gasteiger partial charge in [0.15, 0.2) is 0 Å². The number of carbonyl (C=O) groups is 2. The summed E-state index contributed by atoms with van der Waals surface area (Å²) in [4.78, 5) is 43.2. The number of likely N-dealkylation sites (tertiary alicyclic amines) is 1. The summed E-state index contributed by atoms with van der Waals surface area (Å²) < 4.78 is 27.3. The second kappa shape index (κ2) is 13.8. The van der Waals surface area contributed by atoms with Crippen LogP contribution in [0.4, 0.5) is 14.0 Å². The van der Waals surface area contributed by atoms with E-state index in [2.05, 4.69) is 26.8 Å². The van der Waals surface area contributed by atoms with Crippen molar-refractivity contribution in [1.82, 2.24) is 29.1 Å². The number of ether oxygens (including phenoxy) is 2. The number of nitrogens with one attached hydrogen (secondary N) is 2. The highest BCUT2D eigenvalue weighted by Crippen LogP contribution is 2.40. The van der Waals surface area contributed by atoms with Gasteiger partial charge in [0.05, 0.1) is 34.2 Å². The van der Waals surface area contributed by atoms with Crippen molar-refractivity contribution in [2.75, 3.05) is 13.1 Å². The minimum Gasteiger partial charge on any atom is -0.444 e. The fourth-order valence-corrected chi connectivity index (χ4v) is 6.98. The summed E-state index contributed by atoms with van der Waals surface area (Å²) in [5.74, 6) is 7.83. The number of imidazole rings is 2. The van der Waals surface area contributed by atoms with Crippen molar-refractivity contribution in [3.63, 3.8) is 0 Å². The summed E-state index contributed by atoms with van der Waals surface area (Å²) in [5.41, 5.74) is 3.83. The molecule has 2 aromatic heterocycles. The molecule has 10 nitrogen and oxygen atoms in total. The third-order valence-corrected chi connectivity index (χ3v) is 9.41. The van der Waals surface area contributed by atoms with E-state index < -0.39 is 29.5 Å². The highest BCUT2D eigenvalue weighted by molar-refractivity contribution is 7.97. The molecule has 2 saturated heterocycles. The zero-order chi connectivity index (χ0) is 34.9. The number of H-pyrrole nitrogens is 2. The lowest BCUT2D eigenvalue weighted by Crippen LogP contribution is -2.44. The maximum absolute atomic E-state index is 14.5. The Kier molecular flexibility index (Phi) is 9.67. The van der Waals surface area contributed by atoms with E-state index in [4.69, 9.17) is 14.5 Å². The van der Waals surface area contributed by atoms with Gasteiger partial charge in [0.1, 0.15) is 29.0 Å². The summed E-state index contributed by atoms with van der Waals surface area (Å²) in [7, 11) is 0. The van der Waals surface area contributed by atoms with E-state index in [1.54, 1.807) is 9.21 Å². The number of carbonyl (C=O) groups excluding carboxylic acids is 2. The average Bonchev–Trinajstić information content (AvgIpc) is 3.70. The van der Waals surface area contributed by atoms with E-state index >= 15 is 0 Å². The summed E-state index contributed by atoms with van der Waals surface area (Å²) in [6, 6.07) is 13.1. The van der Waals surface area contributed by atoms with Crippen LogP contribution in [0.25, 0.3) is 22.3 Å². The number of piperidine rings is 1. The Morgan fingerprint density at radius 2 is 1.59 bits per heavy atom. The van der Waals surface area contributed by atoms with Crippen LogP contribution in [0.1, 0.15) is 101 Å². The zero-order valence-electron chi connectivity index (χ0n) is 28.8. The molecule has 0 bridgehead atoms. The van der Waals surface area contributed by atoms with Gasteiger partial charge in [0.2, 0.25) is 0 Å². The van der Waals surface area contributed by atoms with Gasteiger partial charge in [-0.3, -0.25) is 9.21 Å². The van der Waals surface area contributed by atoms with E-state index in [0.717, 1.165) is 52.1 Å². The Hall–Kier alpha value is -4.50. The standard InChI is InChI=1S/C37H43FN6O4S/c1-36(2,3)47-34(45)43-19-17-26(38)21-30(43)32-40-27-16-13-24(20-28(27)41-32)10-9-23-11-14-25(15-12-23)29-22-39-33(42-29)31-8-7-18-44(49-31)35(46)48-37(4,5)6/h11-16,20,22,26,30-31H,7-8,17-19,21H2,1-6H3,(H,39,42)(H,40,41)/t26-,30-,31-/m0/s1. The minimum atomic E-state index is -1.02. The highest BCUT2D eigenvalue weighted by Gasteiger charge is 2.37. The molecule has 2 aliphatic heterocycles. The number of hydrogen-bond acceptors (Lipinski definition) is 7. The molecule has 258 valence electrons. The monoisotopic (exact) mass is 686 g/mol. The van der Waals surface area contributed by atoms with Crippen molar-refractivity contribution in [3.05, 3.63) is 71.4 Å². The van der Waals surface area contributed by atoms with Crippen LogP contribution in [0.15, 0.2) is 48.7 Å². The predicted octanol–water partition coefficient (Wildman–Crippen LogP) is 8.48. The molecule has 12 heteroatoms. The van der Waals surface area contributed by atoms with Crippen LogP contribution >= 0.6 is 11.9 Å². The summed E-state index contributed by atoms with van der Waals surface area (Å²) in [5, 5.41) is 0.0376. The largest absolute Gasteiger partial charge is 0.444 e. The van der Waals surface area contributed by atoms with Gasteiger partial charge >= 0.3 is 12.2 Å². The van der Waals surface area contributed by atoms with Crippen molar-refractivity contribution in [1.29, 1.82) is 0 Å².